The SMILES string of the molecule is CCCCO[C@@H](CCN)C(=O)N[C@H](C(=O)N[C@@H](CN)C(C)=O)C(C)O. The zero-order valence-electron chi connectivity index (χ0n) is 15.3. The van der Waals surface area contributed by atoms with E-state index >= 15 is 0 Å². The fourth-order valence-corrected chi connectivity index (χ4v) is 2.05. The molecule has 0 aliphatic carbocycles. The van der Waals surface area contributed by atoms with Crippen molar-refractivity contribution in [3.63, 3.8) is 0 Å². The van der Waals surface area contributed by atoms with Crippen molar-refractivity contribution in [1.29, 1.82) is 0 Å². The number of amides is 2. The Bertz CT molecular complexity index is 431. The normalized spacial score (nSPS) is 15.8. The van der Waals surface area contributed by atoms with E-state index in [-0.39, 0.29) is 18.9 Å². The van der Waals surface area contributed by atoms with Gasteiger partial charge in [0.2, 0.25) is 11.8 Å². The Hall–Kier alpha value is -1.55. The number of unbranched alkanes of at least 4 members (excludes halogenated alkanes) is 1. The molecule has 0 saturated carbocycles. The molecule has 9 nitrogen and oxygen atoms in total. The molecule has 4 atom stereocenters. The third-order valence-electron chi connectivity index (χ3n) is 3.64. The molecule has 1 unspecified atom stereocenters. The van der Waals surface area contributed by atoms with Crippen molar-refractivity contribution in [2.45, 2.75) is 64.3 Å². The number of hydrogen-bond acceptors (Lipinski definition) is 7. The molecule has 146 valence electrons. The minimum atomic E-state index is -1.23. The van der Waals surface area contributed by atoms with E-state index in [2.05, 4.69) is 10.6 Å². The van der Waals surface area contributed by atoms with E-state index in [4.69, 9.17) is 16.2 Å². The van der Waals surface area contributed by atoms with Crippen LogP contribution in [-0.4, -0.2) is 66.7 Å². The summed E-state index contributed by atoms with van der Waals surface area (Å²) in [7, 11) is 0. The molecule has 0 spiro atoms. The lowest BCUT2D eigenvalue weighted by molar-refractivity contribution is -0.139. The number of nitrogens with one attached hydrogen (secondary N) is 2. The summed E-state index contributed by atoms with van der Waals surface area (Å²) in [5.74, 6) is -1.53. The zero-order valence-corrected chi connectivity index (χ0v) is 15.3. The molecule has 0 saturated heterocycles. The molecule has 0 aliphatic heterocycles. The Labute approximate surface area is 148 Å². The van der Waals surface area contributed by atoms with Gasteiger partial charge in [-0.2, -0.15) is 0 Å². The smallest absolute Gasteiger partial charge is 0.249 e. The topological polar surface area (TPSA) is 157 Å². The lowest BCUT2D eigenvalue weighted by atomic mass is 10.1. The molecule has 7 N–H and O–H groups in total. The molecule has 0 radical (unpaired) electrons. The average molecular weight is 360 g/mol. The van der Waals surface area contributed by atoms with Crippen molar-refractivity contribution in [3.8, 4) is 0 Å². The van der Waals surface area contributed by atoms with Gasteiger partial charge in [-0.25, -0.2) is 0 Å². The quantitative estimate of drug-likeness (QED) is 0.248. The summed E-state index contributed by atoms with van der Waals surface area (Å²) >= 11 is 0. The maximum atomic E-state index is 12.4. The van der Waals surface area contributed by atoms with Crippen molar-refractivity contribution in [1.82, 2.24) is 10.6 Å². The van der Waals surface area contributed by atoms with E-state index in [1.807, 2.05) is 6.92 Å². The van der Waals surface area contributed by atoms with Crippen LogP contribution in [0.1, 0.15) is 40.0 Å². The van der Waals surface area contributed by atoms with Gasteiger partial charge in [-0.05, 0) is 33.2 Å². The van der Waals surface area contributed by atoms with Gasteiger partial charge in [-0.1, -0.05) is 13.3 Å². The van der Waals surface area contributed by atoms with Crippen LogP contribution < -0.4 is 22.1 Å². The number of carbonyl (C=O) groups is 3. The van der Waals surface area contributed by atoms with Gasteiger partial charge >= 0.3 is 0 Å². The molecule has 9 heteroatoms. The van der Waals surface area contributed by atoms with Crippen LogP contribution in [0.2, 0.25) is 0 Å². The number of rotatable bonds is 13. The van der Waals surface area contributed by atoms with E-state index in [1.165, 1.54) is 13.8 Å². The number of ketones is 1. The number of aliphatic hydroxyl groups is 1. The Morgan fingerprint density at radius 1 is 1.16 bits per heavy atom. The highest BCUT2D eigenvalue weighted by Crippen LogP contribution is 2.03. The maximum Gasteiger partial charge on any atom is 0.249 e. The first-order valence-electron chi connectivity index (χ1n) is 8.59. The molecule has 0 fully saturated rings. The lowest BCUT2D eigenvalue weighted by Crippen LogP contribution is -2.58. The van der Waals surface area contributed by atoms with Gasteiger partial charge in [0.1, 0.15) is 12.1 Å². The summed E-state index contributed by atoms with van der Waals surface area (Å²) in [6, 6.07) is -2.10. The monoisotopic (exact) mass is 360 g/mol. The van der Waals surface area contributed by atoms with Crippen LogP contribution in [0.5, 0.6) is 0 Å². The fourth-order valence-electron chi connectivity index (χ4n) is 2.05. The number of hydrogen-bond donors (Lipinski definition) is 5. The first-order valence-corrected chi connectivity index (χ1v) is 8.59. The van der Waals surface area contributed by atoms with Crippen LogP contribution in [0.4, 0.5) is 0 Å². The number of carbonyl (C=O) groups excluding carboxylic acids is 3. The molecule has 2 amide bonds. The van der Waals surface area contributed by atoms with E-state index in [9.17, 15) is 19.5 Å². The third kappa shape index (κ3) is 8.92. The highest BCUT2D eigenvalue weighted by Gasteiger charge is 2.30. The predicted octanol–water partition coefficient (Wildman–Crippen LogP) is -1.58. The van der Waals surface area contributed by atoms with Gasteiger partial charge in [-0.15, -0.1) is 0 Å². The van der Waals surface area contributed by atoms with Crippen molar-refractivity contribution in [3.05, 3.63) is 0 Å². The third-order valence-corrected chi connectivity index (χ3v) is 3.64. The molecule has 0 aromatic heterocycles. The second-order valence-corrected chi connectivity index (χ2v) is 5.92. The largest absolute Gasteiger partial charge is 0.391 e. The Balaban J connectivity index is 4.92. The number of Topliss-reactive ketones (excluding diaryl/α,β-unsaturated/α-hetero) is 1. The van der Waals surface area contributed by atoms with Gasteiger partial charge in [0.25, 0.3) is 0 Å². The zero-order chi connectivity index (χ0) is 19.4. The molecule has 25 heavy (non-hydrogen) atoms. The van der Waals surface area contributed by atoms with E-state index in [0.29, 0.717) is 13.0 Å². The van der Waals surface area contributed by atoms with Crippen LogP contribution in [0, 0.1) is 0 Å². The van der Waals surface area contributed by atoms with E-state index in [0.717, 1.165) is 12.8 Å². The Kier molecular flexibility index (Phi) is 12.0. The second kappa shape index (κ2) is 12.8. The van der Waals surface area contributed by atoms with Crippen molar-refractivity contribution in [2.75, 3.05) is 19.7 Å². The predicted molar refractivity (Wildman–Crippen MR) is 93.6 cm³/mol. The maximum absolute atomic E-state index is 12.4. The first-order chi connectivity index (χ1) is 11.8. The van der Waals surface area contributed by atoms with Crippen LogP contribution in [-0.2, 0) is 19.1 Å². The van der Waals surface area contributed by atoms with Gasteiger partial charge < -0.3 is 31.9 Å². The standard InChI is InChI=1S/C16H32N4O5/c1-4-5-8-25-13(6-7-17)15(23)20-14(11(3)22)16(24)19-12(9-18)10(2)21/h11-14,22H,4-9,17-18H2,1-3H3,(H,19,24)(H,20,23)/t11?,12-,13-,14-/m0/s1. The minimum Gasteiger partial charge on any atom is -0.391 e. The van der Waals surface area contributed by atoms with Crippen molar-refractivity contribution in [2.24, 2.45) is 11.5 Å². The van der Waals surface area contributed by atoms with E-state index in [1.54, 1.807) is 0 Å². The van der Waals surface area contributed by atoms with E-state index < -0.39 is 36.1 Å². The molecule has 0 heterocycles. The number of aliphatic hydroxyl groups excluding tert-OH is 1. The Morgan fingerprint density at radius 3 is 2.24 bits per heavy atom. The Morgan fingerprint density at radius 2 is 1.80 bits per heavy atom. The fraction of sp³-hybridized carbons (Fsp3) is 0.812. The average Bonchev–Trinajstić information content (AvgIpc) is 2.55. The molecule has 0 aromatic carbocycles. The minimum absolute atomic E-state index is 0.0719. The van der Waals surface area contributed by atoms with Crippen LogP contribution in [0.25, 0.3) is 0 Å². The van der Waals surface area contributed by atoms with Crippen molar-refractivity contribution < 1.29 is 24.2 Å². The molecule has 0 aromatic rings. The number of nitrogens with two attached hydrogens (primary N) is 2. The lowest BCUT2D eigenvalue weighted by Gasteiger charge is -2.25. The summed E-state index contributed by atoms with van der Waals surface area (Å²) in [6.07, 6.45) is 0.0436. The molecular weight excluding hydrogens is 328 g/mol. The van der Waals surface area contributed by atoms with Crippen LogP contribution in [0.3, 0.4) is 0 Å². The van der Waals surface area contributed by atoms with Gasteiger partial charge in [0, 0.05) is 13.2 Å². The number of ether oxygens (including phenoxy) is 1. The first kappa shape index (κ1) is 23.4. The molecule has 0 rings (SSSR count). The molecule has 0 aliphatic rings. The van der Waals surface area contributed by atoms with Gasteiger partial charge in [-0.3, -0.25) is 14.4 Å². The summed E-state index contributed by atoms with van der Waals surface area (Å²) < 4.78 is 5.51. The van der Waals surface area contributed by atoms with Gasteiger partial charge in [0.05, 0.1) is 12.1 Å². The van der Waals surface area contributed by atoms with Crippen molar-refractivity contribution >= 4 is 17.6 Å². The van der Waals surface area contributed by atoms with Gasteiger partial charge in [0.15, 0.2) is 5.78 Å². The summed E-state index contributed by atoms with van der Waals surface area (Å²) in [5.41, 5.74) is 10.9. The molecule has 0 bridgehead atoms. The second-order valence-electron chi connectivity index (χ2n) is 5.92. The van der Waals surface area contributed by atoms with Crippen LogP contribution >= 0.6 is 0 Å². The summed E-state index contributed by atoms with van der Waals surface area (Å²) in [6.45, 7) is 5.24. The highest BCUT2D eigenvalue weighted by atomic mass is 16.5. The summed E-state index contributed by atoms with van der Waals surface area (Å²) in [5, 5.41) is 14.7. The highest BCUT2D eigenvalue weighted by molar-refractivity contribution is 5.93. The van der Waals surface area contributed by atoms with Crippen LogP contribution in [0.15, 0.2) is 0 Å². The summed E-state index contributed by atoms with van der Waals surface area (Å²) in [4.78, 5) is 36.0. The molecular formula is C16H32N4O5.